The van der Waals surface area contributed by atoms with Gasteiger partial charge in [0.2, 0.25) is 0 Å². The maximum absolute atomic E-state index is 11.3. The van der Waals surface area contributed by atoms with E-state index in [1.54, 1.807) is 20.8 Å². The van der Waals surface area contributed by atoms with Crippen LogP contribution < -0.4 is 5.32 Å². The maximum atomic E-state index is 11.3. The van der Waals surface area contributed by atoms with Crippen LogP contribution in [0.25, 0.3) is 0 Å². The SMILES string of the molecule is CC(C)(C)OC(=O)NC(C#N)CC1CC1. The molecule has 0 spiro atoms. The minimum Gasteiger partial charge on any atom is -0.444 e. The lowest BCUT2D eigenvalue weighted by Gasteiger charge is -2.21. The monoisotopic (exact) mass is 210 g/mol. The summed E-state index contributed by atoms with van der Waals surface area (Å²) >= 11 is 0. The largest absolute Gasteiger partial charge is 0.444 e. The standard InChI is InChI=1S/C11H18N2O2/c1-11(2,3)15-10(14)13-9(7-12)6-8-4-5-8/h8-9H,4-6H2,1-3H3,(H,13,14). The number of hydrogen-bond donors (Lipinski definition) is 1. The van der Waals surface area contributed by atoms with Gasteiger partial charge in [0, 0.05) is 0 Å². The quantitative estimate of drug-likeness (QED) is 0.776. The molecule has 1 N–H and O–H groups in total. The van der Waals surface area contributed by atoms with Crippen molar-refractivity contribution in [3.8, 4) is 6.07 Å². The molecule has 1 aliphatic carbocycles. The zero-order chi connectivity index (χ0) is 11.5. The second kappa shape index (κ2) is 4.52. The Balaban J connectivity index is 2.31. The van der Waals surface area contributed by atoms with Gasteiger partial charge in [-0.05, 0) is 33.1 Å². The first-order chi connectivity index (χ1) is 6.90. The minimum absolute atomic E-state index is 0.410. The summed E-state index contributed by atoms with van der Waals surface area (Å²) in [4.78, 5) is 11.3. The summed E-state index contributed by atoms with van der Waals surface area (Å²) in [6.45, 7) is 5.40. The predicted octanol–water partition coefficient (Wildman–Crippen LogP) is 2.20. The molecule has 0 aromatic rings. The van der Waals surface area contributed by atoms with E-state index in [-0.39, 0.29) is 0 Å². The number of rotatable bonds is 3. The lowest BCUT2D eigenvalue weighted by atomic mass is 10.1. The van der Waals surface area contributed by atoms with Crippen LogP contribution in [-0.2, 0) is 4.74 Å². The van der Waals surface area contributed by atoms with E-state index < -0.39 is 17.7 Å². The van der Waals surface area contributed by atoms with Crippen LogP contribution in [0, 0.1) is 17.2 Å². The molecule has 15 heavy (non-hydrogen) atoms. The first kappa shape index (κ1) is 11.8. The molecule has 84 valence electrons. The number of nitrogens with one attached hydrogen (secondary N) is 1. The molecule has 0 radical (unpaired) electrons. The molecule has 1 fully saturated rings. The van der Waals surface area contributed by atoms with Crippen molar-refractivity contribution in [3.05, 3.63) is 0 Å². The van der Waals surface area contributed by atoms with Crippen LogP contribution in [0.2, 0.25) is 0 Å². The number of nitrogens with zero attached hydrogens (tertiary/aromatic N) is 1. The smallest absolute Gasteiger partial charge is 0.408 e. The fourth-order valence-corrected chi connectivity index (χ4v) is 1.28. The molecule has 1 saturated carbocycles. The third kappa shape index (κ3) is 5.26. The molecule has 1 amide bonds. The third-order valence-corrected chi connectivity index (χ3v) is 2.11. The summed E-state index contributed by atoms with van der Waals surface area (Å²) in [5.41, 5.74) is -0.510. The zero-order valence-electron chi connectivity index (χ0n) is 9.54. The van der Waals surface area contributed by atoms with Crippen molar-refractivity contribution in [1.29, 1.82) is 5.26 Å². The molecule has 0 aromatic heterocycles. The topological polar surface area (TPSA) is 62.1 Å². The number of alkyl carbamates (subject to hydrolysis) is 1. The van der Waals surface area contributed by atoms with Crippen molar-refractivity contribution in [2.24, 2.45) is 5.92 Å². The van der Waals surface area contributed by atoms with Crippen molar-refractivity contribution in [3.63, 3.8) is 0 Å². The number of ether oxygens (including phenoxy) is 1. The lowest BCUT2D eigenvalue weighted by Crippen LogP contribution is -2.38. The Morgan fingerprint density at radius 3 is 2.60 bits per heavy atom. The fraction of sp³-hybridized carbons (Fsp3) is 0.818. The summed E-state index contributed by atoms with van der Waals surface area (Å²) in [6, 6.07) is 1.67. The number of carbonyl (C=O) groups excluding carboxylic acids is 1. The molecule has 0 heterocycles. The molecule has 0 aromatic carbocycles. The molecule has 0 bridgehead atoms. The van der Waals surface area contributed by atoms with Gasteiger partial charge in [-0.3, -0.25) is 0 Å². The summed E-state index contributed by atoms with van der Waals surface area (Å²) in [5, 5.41) is 11.4. The van der Waals surface area contributed by atoms with E-state index >= 15 is 0 Å². The van der Waals surface area contributed by atoms with Crippen LogP contribution in [-0.4, -0.2) is 17.7 Å². The van der Waals surface area contributed by atoms with Crippen LogP contribution in [0.5, 0.6) is 0 Å². The molecule has 0 saturated heterocycles. The van der Waals surface area contributed by atoms with E-state index in [9.17, 15) is 4.79 Å². The Labute approximate surface area is 90.6 Å². The summed E-state index contributed by atoms with van der Waals surface area (Å²) in [6.07, 6.45) is 2.59. The van der Waals surface area contributed by atoms with Crippen LogP contribution in [0.1, 0.15) is 40.0 Å². The Morgan fingerprint density at radius 2 is 2.20 bits per heavy atom. The van der Waals surface area contributed by atoms with Crippen molar-refractivity contribution < 1.29 is 9.53 Å². The highest BCUT2D eigenvalue weighted by molar-refractivity contribution is 5.68. The molecule has 1 atom stereocenters. The average Bonchev–Trinajstić information content (AvgIpc) is 2.83. The lowest BCUT2D eigenvalue weighted by molar-refractivity contribution is 0.0513. The summed E-state index contributed by atoms with van der Waals surface area (Å²) in [5.74, 6) is 0.615. The Kier molecular flexibility index (Phi) is 3.57. The van der Waals surface area contributed by atoms with Gasteiger partial charge >= 0.3 is 6.09 Å². The van der Waals surface area contributed by atoms with Crippen LogP contribution in [0.3, 0.4) is 0 Å². The molecule has 1 unspecified atom stereocenters. The van der Waals surface area contributed by atoms with Crippen molar-refractivity contribution in [2.75, 3.05) is 0 Å². The molecular weight excluding hydrogens is 192 g/mol. The number of hydrogen-bond acceptors (Lipinski definition) is 3. The Morgan fingerprint density at radius 1 is 1.60 bits per heavy atom. The summed E-state index contributed by atoms with van der Waals surface area (Å²) < 4.78 is 5.07. The van der Waals surface area contributed by atoms with E-state index in [0.717, 1.165) is 6.42 Å². The second-order valence-electron chi connectivity index (χ2n) is 5.01. The van der Waals surface area contributed by atoms with E-state index in [1.165, 1.54) is 12.8 Å². The van der Waals surface area contributed by atoms with E-state index in [4.69, 9.17) is 10.00 Å². The Bertz CT molecular complexity index is 271. The van der Waals surface area contributed by atoms with Gasteiger partial charge in [0.05, 0.1) is 6.07 Å². The van der Waals surface area contributed by atoms with E-state index in [0.29, 0.717) is 5.92 Å². The predicted molar refractivity (Wildman–Crippen MR) is 56.1 cm³/mol. The number of amides is 1. The minimum atomic E-state index is -0.510. The molecule has 1 aliphatic rings. The van der Waals surface area contributed by atoms with Crippen molar-refractivity contribution in [1.82, 2.24) is 5.32 Å². The molecule has 1 rings (SSSR count). The van der Waals surface area contributed by atoms with E-state index in [2.05, 4.69) is 11.4 Å². The zero-order valence-corrected chi connectivity index (χ0v) is 9.54. The highest BCUT2D eigenvalue weighted by Crippen LogP contribution is 2.33. The van der Waals surface area contributed by atoms with Crippen LogP contribution >= 0.6 is 0 Å². The van der Waals surface area contributed by atoms with Gasteiger partial charge in [0.25, 0.3) is 0 Å². The Hall–Kier alpha value is -1.24. The van der Waals surface area contributed by atoms with Crippen LogP contribution in [0.4, 0.5) is 4.79 Å². The average molecular weight is 210 g/mol. The van der Waals surface area contributed by atoms with Crippen LogP contribution in [0.15, 0.2) is 0 Å². The van der Waals surface area contributed by atoms with Gasteiger partial charge in [-0.1, -0.05) is 12.8 Å². The highest BCUT2D eigenvalue weighted by Gasteiger charge is 2.27. The molecule has 4 heteroatoms. The van der Waals surface area contributed by atoms with Gasteiger partial charge in [-0.15, -0.1) is 0 Å². The van der Waals surface area contributed by atoms with E-state index in [1.807, 2.05) is 0 Å². The molecule has 4 nitrogen and oxygen atoms in total. The first-order valence-electron chi connectivity index (χ1n) is 5.30. The summed E-state index contributed by atoms with van der Waals surface area (Å²) in [7, 11) is 0. The first-order valence-corrected chi connectivity index (χ1v) is 5.30. The van der Waals surface area contributed by atoms with Gasteiger partial charge in [-0.2, -0.15) is 5.26 Å². The number of nitriles is 1. The molecule has 0 aliphatic heterocycles. The highest BCUT2D eigenvalue weighted by atomic mass is 16.6. The van der Waals surface area contributed by atoms with Gasteiger partial charge in [0.1, 0.15) is 11.6 Å². The van der Waals surface area contributed by atoms with Crippen molar-refractivity contribution >= 4 is 6.09 Å². The van der Waals surface area contributed by atoms with Crippen molar-refractivity contribution in [2.45, 2.75) is 51.7 Å². The van der Waals surface area contributed by atoms with Gasteiger partial charge in [0.15, 0.2) is 0 Å². The second-order valence-corrected chi connectivity index (χ2v) is 5.01. The maximum Gasteiger partial charge on any atom is 0.408 e. The van der Waals surface area contributed by atoms with Gasteiger partial charge in [-0.25, -0.2) is 4.79 Å². The fourth-order valence-electron chi connectivity index (χ4n) is 1.28. The van der Waals surface area contributed by atoms with Gasteiger partial charge < -0.3 is 10.1 Å². The third-order valence-electron chi connectivity index (χ3n) is 2.11. The normalized spacial score (nSPS) is 17.7. The molecular formula is C11H18N2O2. The number of carbonyl (C=O) groups is 1.